The summed E-state index contributed by atoms with van der Waals surface area (Å²) in [4.78, 5) is 23.1. The first kappa shape index (κ1) is 24.0. The van der Waals surface area contributed by atoms with Crippen molar-refractivity contribution in [3.63, 3.8) is 0 Å². The van der Waals surface area contributed by atoms with Crippen molar-refractivity contribution in [3.8, 4) is 5.88 Å². The minimum Gasteiger partial charge on any atom is -0.478 e. The second-order valence-electron chi connectivity index (χ2n) is 8.79. The zero-order valence-electron chi connectivity index (χ0n) is 19.5. The molecule has 0 aromatic carbocycles. The van der Waals surface area contributed by atoms with Crippen LogP contribution in [0.4, 0.5) is 6.01 Å². The third-order valence-corrected chi connectivity index (χ3v) is 6.09. The zero-order valence-corrected chi connectivity index (χ0v) is 19.5. The smallest absolute Gasteiger partial charge is 0.324 e. The van der Waals surface area contributed by atoms with Crippen LogP contribution in [0.25, 0.3) is 0 Å². The topological polar surface area (TPSA) is 114 Å². The van der Waals surface area contributed by atoms with Crippen LogP contribution in [-0.2, 0) is 0 Å². The normalized spacial score (nSPS) is 15.8. The highest BCUT2D eigenvalue weighted by Gasteiger charge is 2.26. The lowest BCUT2D eigenvalue weighted by molar-refractivity contribution is 0.0943. The van der Waals surface area contributed by atoms with Crippen molar-refractivity contribution in [2.75, 3.05) is 37.7 Å². The fraction of sp³-hybridized carbons (Fsp3) is 0.652. The monoisotopic (exact) mass is 445 g/mol. The number of carbonyl (C=O) groups is 1. The fourth-order valence-electron chi connectivity index (χ4n) is 3.96. The van der Waals surface area contributed by atoms with Crippen LogP contribution in [0.1, 0.15) is 67.8 Å². The molecule has 1 atom stereocenters. The Labute approximate surface area is 189 Å². The van der Waals surface area contributed by atoms with Crippen molar-refractivity contribution in [3.05, 3.63) is 29.2 Å². The average Bonchev–Trinajstić information content (AvgIpc) is 3.28. The predicted molar refractivity (Wildman–Crippen MR) is 121 cm³/mol. The molecule has 1 unspecified atom stereocenters. The van der Waals surface area contributed by atoms with Crippen LogP contribution in [0, 0.1) is 18.8 Å². The number of nitrogens with one attached hydrogen (secondary N) is 1. The van der Waals surface area contributed by atoms with Gasteiger partial charge in [0.05, 0.1) is 24.5 Å². The number of anilines is 1. The van der Waals surface area contributed by atoms with Crippen molar-refractivity contribution in [1.29, 1.82) is 0 Å². The van der Waals surface area contributed by atoms with E-state index in [-0.39, 0.29) is 25.0 Å². The van der Waals surface area contributed by atoms with Gasteiger partial charge in [-0.15, -0.1) is 0 Å². The van der Waals surface area contributed by atoms with E-state index >= 15 is 0 Å². The highest BCUT2D eigenvalue weighted by molar-refractivity contribution is 5.95. The van der Waals surface area contributed by atoms with Crippen molar-refractivity contribution < 1.29 is 19.2 Å². The quantitative estimate of drug-likeness (QED) is 0.574. The number of aliphatic hydroxyl groups excluding tert-OH is 1. The van der Waals surface area contributed by atoms with E-state index < -0.39 is 0 Å². The third kappa shape index (κ3) is 6.18. The van der Waals surface area contributed by atoms with Gasteiger partial charge in [0.2, 0.25) is 5.88 Å². The van der Waals surface area contributed by atoms with E-state index in [1.165, 1.54) is 0 Å². The molecule has 2 N–H and O–H groups in total. The SMILES string of the molecule is Cc1nc(OCCC(C)C2CCN(c3nc(C(C)C)no3)CC2)ccc1C(=O)NCCO. The van der Waals surface area contributed by atoms with Gasteiger partial charge in [-0.25, -0.2) is 4.98 Å². The van der Waals surface area contributed by atoms with Crippen LogP contribution in [0.2, 0.25) is 0 Å². The van der Waals surface area contributed by atoms with E-state index in [4.69, 9.17) is 14.4 Å². The number of pyridine rings is 1. The number of hydrogen-bond donors (Lipinski definition) is 2. The summed E-state index contributed by atoms with van der Waals surface area (Å²) < 4.78 is 11.3. The number of carbonyl (C=O) groups excluding carboxylic acids is 1. The van der Waals surface area contributed by atoms with E-state index in [1.807, 2.05) is 0 Å². The summed E-state index contributed by atoms with van der Waals surface area (Å²) in [6, 6.07) is 4.07. The van der Waals surface area contributed by atoms with E-state index in [9.17, 15) is 4.79 Å². The van der Waals surface area contributed by atoms with Gasteiger partial charge in [-0.2, -0.15) is 4.98 Å². The largest absolute Gasteiger partial charge is 0.478 e. The number of hydrogen-bond acceptors (Lipinski definition) is 8. The van der Waals surface area contributed by atoms with E-state index in [2.05, 4.69) is 46.1 Å². The molecular weight excluding hydrogens is 410 g/mol. The minimum atomic E-state index is -0.239. The lowest BCUT2D eigenvalue weighted by atomic mass is 9.84. The average molecular weight is 446 g/mol. The first-order chi connectivity index (χ1) is 15.4. The third-order valence-electron chi connectivity index (χ3n) is 6.09. The Morgan fingerprint density at radius 3 is 2.66 bits per heavy atom. The van der Waals surface area contributed by atoms with Crippen LogP contribution in [-0.4, -0.2) is 59.0 Å². The van der Waals surface area contributed by atoms with E-state index in [0.29, 0.717) is 41.6 Å². The maximum Gasteiger partial charge on any atom is 0.324 e. The first-order valence-electron chi connectivity index (χ1n) is 11.5. The summed E-state index contributed by atoms with van der Waals surface area (Å²) in [5.74, 6) is 2.49. The first-order valence-corrected chi connectivity index (χ1v) is 11.5. The summed E-state index contributed by atoms with van der Waals surface area (Å²) >= 11 is 0. The highest BCUT2D eigenvalue weighted by atomic mass is 16.5. The summed E-state index contributed by atoms with van der Waals surface area (Å²) in [5, 5.41) is 15.5. The molecule has 0 saturated carbocycles. The van der Waals surface area contributed by atoms with Gasteiger partial charge in [0.1, 0.15) is 0 Å². The van der Waals surface area contributed by atoms with Gasteiger partial charge < -0.3 is 24.6 Å². The van der Waals surface area contributed by atoms with Gasteiger partial charge in [0.15, 0.2) is 5.82 Å². The second kappa shape index (κ2) is 11.3. The van der Waals surface area contributed by atoms with Gasteiger partial charge in [0, 0.05) is 31.6 Å². The standard InChI is InChI=1S/C23H35N5O4/c1-15(2)21-26-23(32-27-21)28-11-7-18(8-12-28)16(3)9-14-31-20-6-5-19(17(4)25-20)22(30)24-10-13-29/h5-6,15-16,18,29H,7-14H2,1-4H3,(H,24,30). The summed E-state index contributed by atoms with van der Waals surface area (Å²) in [7, 11) is 0. The van der Waals surface area contributed by atoms with Gasteiger partial charge in [-0.05, 0) is 44.1 Å². The number of aliphatic hydroxyl groups is 1. The highest BCUT2D eigenvalue weighted by Crippen LogP contribution is 2.29. The number of amides is 1. The van der Waals surface area contributed by atoms with Crippen molar-refractivity contribution >= 4 is 11.9 Å². The molecule has 0 radical (unpaired) electrons. The minimum absolute atomic E-state index is 0.0906. The molecule has 1 amide bonds. The van der Waals surface area contributed by atoms with Gasteiger partial charge in [-0.1, -0.05) is 25.9 Å². The number of aryl methyl sites for hydroxylation is 1. The Bertz CT molecular complexity index is 877. The van der Waals surface area contributed by atoms with Crippen molar-refractivity contribution in [2.45, 2.75) is 52.9 Å². The lowest BCUT2D eigenvalue weighted by Gasteiger charge is -2.33. The molecule has 176 valence electrons. The maximum atomic E-state index is 12.0. The molecule has 1 fully saturated rings. The van der Waals surface area contributed by atoms with Crippen molar-refractivity contribution in [2.24, 2.45) is 11.8 Å². The Kier molecular flexibility index (Phi) is 8.44. The maximum absolute atomic E-state index is 12.0. The lowest BCUT2D eigenvalue weighted by Crippen LogP contribution is -2.36. The van der Waals surface area contributed by atoms with Gasteiger partial charge >= 0.3 is 6.01 Å². The Balaban J connectivity index is 1.42. The Morgan fingerprint density at radius 2 is 2.03 bits per heavy atom. The molecule has 1 saturated heterocycles. The molecular formula is C23H35N5O4. The molecule has 0 aliphatic carbocycles. The molecule has 2 aromatic heterocycles. The van der Waals surface area contributed by atoms with Crippen LogP contribution in [0.3, 0.4) is 0 Å². The molecule has 3 heterocycles. The number of ether oxygens (including phenoxy) is 1. The summed E-state index contributed by atoms with van der Waals surface area (Å²) in [5.41, 5.74) is 1.10. The zero-order chi connectivity index (χ0) is 23.1. The molecule has 9 nitrogen and oxygen atoms in total. The molecule has 2 aromatic rings. The molecule has 3 rings (SSSR count). The second-order valence-corrected chi connectivity index (χ2v) is 8.79. The van der Waals surface area contributed by atoms with E-state index in [1.54, 1.807) is 19.1 Å². The summed E-state index contributed by atoms with van der Waals surface area (Å²) in [6.07, 6.45) is 3.13. The predicted octanol–water partition coefficient (Wildman–Crippen LogP) is 2.94. The number of nitrogens with zero attached hydrogens (tertiary/aromatic N) is 4. The summed E-state index contributed by atoms with van der Waals surface area (Å²) in [6.45, 7) is 10.8. The molecule has 1 aliphatic rings. The van der Waals surface area contributed by atoms with E-state index in [0.717, 1.165) is 38.2 Å². The number of aromatic nitrogens is 3. The Morgan fingerprint density at radius 1 is 1.28 bits per heavy atom. The molecule has 0 spiro atoms. The van der Waals surface area contributed by atoms with Crippen LogP contribution in [0.15, 0.2) is 16.7 Å². The molecule has 0 bridgehead atoms. The molecule has 1 aliphatic heterocycles. The Hall–Kier alpha value is -2.68. The number of piperidine rings is 1. The van der Waals surface area contributed by atoms with Gasteiger partial charge in [0.25, 0.3) is 5.91 Å². The molecule has 32 heavy (non-hydrogen) atoms. The fourth-order valence-corrected chi connectivity index (χ4v) is 3.96. The van der Waals surface area contributed by atoms with Crippen LogP contribution < -0.4 is 15.0 Å². The van der Waals surface area contributed by atoms with Crippen LogP contribution >= 0.6 is 0 Å². The van der Waals surface area contributed by atoms with Crippen molar-refractivity contribution in [1.82, 2.24) is 20.4 Å². The molecule has 9 heteroatoms. The van der Waals surface area contributed by atoms with Gasteiger partial charge in [-0.3, -0.25) is 4.79 Å². The van der Waals surface area contributed by atoms with Crippen LogP contribution in [0.5, 0.6) is 5.88 Å². The number of rotatable bonds is 10.